The van der Waals surface area contributed by atoms with Gasteiger partial charge in [0.25, 0.3) is 0 Å². The fourth-order valence-electron chi connectivity index (χ4n) is 3.97. The number of carbonyl (C=O) groups is 1. The van der Waals surface area contributed by atoms with Crippen LogP contribution in [0, 0.1) is 12.8 Å². The van der Waals surface area contributed by atoms with Crippen LogP contribution in [0.4, 0.5) is 4.79 Å². The molecule has 10 heteroatoms. The van der Waals surface area contributed by atoms with E-state index in [1.54, 1.807) is 25.0 Å². The summed E-state index contributed by atoms with van der Waals surface area (Å²) in [6, 6.07) is 3.29. The average molecular weight is 477 g/mol. The molecule has 0 atom stereocenters. The van der Waals surface area contributed by atoms with Crippen LogP contribution in [-0.4, -0.2) is 66.9 Å². The predicted molar refractivity (Wildman–Crippen MR) is 123 cm³/mol. The first kappa shape index (κ1) is 24.9. The van der Waals surface area contributed by atoms with Crippen LogP contribution in [0.1, 0.15) is 49.3 Å². The van der Waals surface area contributed by atoms with E-state index in [0.717, 1.165) is 42.5 Å². The van der Waals surface area contributed by atoms with Gasteiger partial charge >= 0.3 is 6.09 Å². The number of piperidine rings is 1. The fraction of sp³-hybridized carbons (Fsp3) is 0.565. The molecule has 2 aromatic heterocycles. The van der Waals surface area contributed by atoms with E-state index in [1.165, 1.54) is 12.4 Å². The lowest BCUT2D eigenvalue weighted by molar-refractivity contribution is 0.0653. The third-order valence-electron chi connectivity index (χ3n) is 5.75. The summed E-state index contributed by atoms with van der Waals surface area (Å²) in [5.74, 6) is 1.02. The second-order valence-corrected chi connectivity index (χ2v) is 10.7. The van der Waals surface area contributed by atoms with Crippen molar-refractivity contribution in [3.8, 4) is 5.75 Å². The predicted octanol–water partition coefficient (Wildman–Crippen LogP) is 2.98. The number of methoxy groups -OCH3 is 1. The van der Waals surface area contributed by atoms with Crippen LogP contribution in [-0.2, 0) is 27.4 Å². The summed E-state index contributed by atoms with van der Waals surface area (Å²) in [6.07, 6.45) is 5.23. The standard InChI is InChI=1S/C23H32N4O5S/c1-15(2)32-23(28)27-10-8-17(9-11-27)12-19-22(31-4)20(25-14-24-19)13-18-6-7-21(26-16(18)3)33(5,29)30/h6-7,14-15,17H,8-13H2,1-5H3. The maximum absolute atomic E-state index is 12.1. The van der Waals surface area contributed by atoms with E-state index in [2.05, 4.69) is 15.0 Å². The van der Waals surface area contributed by atoms with Gasteiger partial charge in [0.15, 0.2) is 20.6 Å². The van der Waals surface area contributed by atoms with Crippen molar-refractivity contribution in [2.45, 2.75) is 57.6 Å². The molecule has 0 saturated carbocycles. The highest BCUT2D eigenvalue weighted by Crippen LogP contribution is 2.29. The molecule has 33 heavy (non-hydrogen) atoms. The van der Waals surface area contributed by atoms with E-state index < -0.39 is 9.84 Å². The molecule has 1 fully saturated rings. The van der Waals surface area contributed by atoms with E-state index in [1.807, 2.05) is 13.8 Å². The van der Waals surface area contributed by atoms with Crippen LogP contribution in [0.2, 0.25) is 0 Å². The zero-order valence-electron chi connectivity index (χ0n) is 19.9. The molecule has 0 unspecified atom stereocenters. The van der Waals surface area contributed by atoms with Gasteiger partial charge in [-0.15, -0.1) is 0 Å². The van der Waals surface area contributed by atoms with Gasteiger partial charge in [-0.1, -0.05) is 6.07 Å². The van der Waals surface area contributed by atoms with Crippen LogP contribution >= 0.6 is 0 Å². The van der Waals surface area contributed by atoms with Gasteiger partial charge in [-0.3, -0.25) is 0 Å². The van der Waals surface area contributed by atoms with Crippen molar-refractivity contribution in [1.29, 1.82) is 0 Å². The number of hydrogen-bond donors (Lipinski definition) is 0. The molecule has 3 heterocycles. The smallest absolute Gasteiger partial charge is 0.410 e. The highest BCUT2D eigenvalue weighted by atomic mass is 32.2. The van der Waals surface area contributed by atoms with E-state index >= 15 is 0 Å². The van der Waals surface area contributed by atoms with Crippen molar-refractivity contribution in [2.24, 2.45) is 5.92 Å². The largest absolute Gasteiger partial charge is 0.493 e. The summed E-state index contributed by atoms with van der Waals surface area (Å²) < 4.78 is 34.5. The van der Waals surface area contributed by atoms with Gasteiger partial charge in [0, 0.05) is 31.5 Å². The summed E-state index contributed by atoms with van der Waals surface area (Å²) >= 11 is 0. The third kappa shape index (κ3) is 6.40. The Morgan fingerprint density at radius 2 is 1.85 bits per heavy atom. The molecular formula is C23H32N4O5S. The number of carbonyl (C=O) groups excluding carboxylic acids is 1. The Morgan fingerprint density at radius 3 is 2.42 bits per heavy atom. The van der Waals surface area contributed by atoms with Crippen LogP contribution in [0.5, 0.6) is 5.75 Å². The highest BCUT2D eigenvalue weighted by molar-refractivity contribution is 7.90. The minimum Gasteiger partial charge on any atom is -0.493 e. The monoisotopic (exact) mass is 476 g/mol. The fourth-order valence-corrected chi connectivity index (χ4v) is 4.59. The minimum atomic E-state index is -3.36. The number of pyridine rings is 1. The van der Waals surface area contributed by atoms with Gasteiger partial charge in [0.05, 0.1) is 24.6 Å². The van der Waals surface area contributed by atoms with E-state index in [9.17, 15) is 13.2 Å². The third-order valence-corrected chi connectivity index (χ3v) is 6.74. The lowest BCUT2D eigenvalue weighted by Crippen LogP contribution is -2.40. The molecule has 1 saturated heterocycles. The Kier molecular flexibility index (Phi) is 7.88. The van der Waals surface area contributed by atoms with Crippen LogP contribution in [0.25, 0.3) is 0 Å². The van der Waals surface area contributed by atoms with Crippen molar-refractivity contribution in [2.75, 3.05) is 26.5 Å². The Morgan fingerprint density at radius 1 is 1.18 bits per heavy atom. The van der Waals surface area contributed by atoms with Gasteiger partial charge < -0.3 is 14.4 Å². The number of nitrogens with zero attached hydrogens (tertiary/aromatic N) is 4. The maximum atomic E-state index is 12.1. The van der Waals surface area contributed by atoms with Crippen molar-refractivity contribution in [3.05, 3.63) is 41.1 Å². The number of rotatable bonds is 7. The second-order valence-electron chi connectivity index (χ2n) is 8.71. The van der Waals surface area contributed by atoms with Gasteiger partial charge in [0.1, 0.15) is 6.33 Å². The number of aromatic nitrogens is 3. The number of likely N-dealkylation sites (tertiary alicyclic amines) is 1. The van der Waals surface area contributed by atoms with Gasteiger partial charge in [-0.2, -0.15) is 0 Å². The molecule has 0 aliphatic carbocycles. The first-order valence-electron chi connectivity index (χ1n) is 11.1. The van der Waals surface area contributed by atoms with E-state index in [0.29, 0.717) is 36.9 Å². The molecule has 1 aliphatic rings. The molecule has 3 rings (SSSR count). The molecule has 1 aliphatic heterocycles. The van der Waals surface area contributed by atoms with Crippen molar-refractivity contribution < 1.29 is 22.7 Å². The minimum absolute atomic E-state index is 0.0581. The number of aryl methyl sites for hydroxylation is 1. The van der Waals surface area contributed by atoms with E-state index in [-0.39, 0.29) is 17.2 Å². The Balaban J connectivity index is 1.71. The molecule has 0 aromatic carbocycles. The molecular weight excluding hydrogens is 444 g/mol. The molecule has 0 N–H and O–H groups in total. The van der Waals surface area contributed by atoms with Gasteiger partial charge in [-0.05, 0) is 57.6 Å². The molecule has 2 aromatic rings. The van der Waals surface area contributed by atoms with Crippen molar-refractivity contribution in [3.63, 3.8) is 0 Å². The molecule has 180 valence electrons. The topological polar surface area (TPSA) is 112 Å². The normalized spacial score (nSPS) is 15.0. The highest BCUT2D eigenvalue weighted by Gasteiger charge is 2.26. The summed E-state index contributed by atoms with van der Waals surface area (Å²) in [4.78, 5) is 27.0. The number of ether oxygens (including phenoxy) is 2. The lowest BCUT2D eigenvalue weighted by atomic mass is 9.91. The quantitative estimate of drug-likeness (QED) is 0.600. The molecule has 0 radical (unpaired) electrons. The molecule has 0 spiro atoms. The lowest BCUT2D eigenvalue weighted by Gasteiger charge is -2.31. The molecule has 0 bridgehead atoms. The number of sulfone groups is 1. The summed E-state index contributed by atoms with van der Waals surface area (Å²) in [5.41, 5.74) is 3.09. The zero-order valence-corrected chi connectivity index (χ0v) is 20.7. The van der Waals surface area contributed by atoms with Crippen LogP contribution in [0.15, 0.2) is 23.5 Å². The molecule has 9 nitrogen and oxygen atoms in total. The van der Waals surface area contributed by atoms with Crippen molar-refractivity contribution >= 4 is 15.9 Å². The Bertz CT molecular complexity index is 1100. The van der Waals surface area contributed by atoms with Crippen molar-refractivity contribution in [1.82, 2.24) is 19.9 Å². The second kappa shape index (κ2) is 10.5. The van der Waals surface area contributed by atoms with Crippen LogP contribution in [0.3, 0.4) is 0 Å². The van der Waals surface area contributed by atoms with Crippen LogP contribution < -0.4 is 4.74 Å². The molecule has 1 amide bonds. The summed E-state index contributed by atoms with van der Waals surface area (Å²) in [6.45, 7) is 6.81. The average Bonchev–Trinajstić information content (AvgIpc) is 2.74. The maximum Gasteiger partial charge on any atom is 0.410 e. The summed E-state index contributed by atoms with van der Waals surface area (Å²) in [7, 11) is -1.75. The van der Waals surface area contributed by atoms with E-state index in [4.69, 9.17) is 9.47 Å². The number of hydrogen-bond acceptors (Lipinski definition) is 8. The Hall–Kier alpha value is -2.75. The SMILES string of the molecule is COc1c(Cc2ccc(S(C)(=O)=O)nc2C)ncnc1CC1CCN(C(=O)OC(C)C)CC1. The first-order chi connectivity index (χ1) is 15.6. The summed E-state index contributed by atoms with van der Waals surface area (Å²) in [5, 5.41) is 0.0581. The Labute approximate surface area is 195 Å². The first-order valence-corrected chi connectivity index (χ1v) is 13.0. The zero-order chi connectivity index (χ0) is 24.2. The number of amides is 1. The van der Waals surface area contributed by atoms with Gasteiger partial charge in [0.2, 0.25) is 0 Å². The van der Waals surface area contributed by atoms with Gasteiger partial charge in [-0.25, -0.2) is 28.2 Å².